The van der Waals surface area contributed by atoms with Gasteiger partial charge in [-0.3, -0.25) is 0 Å². The molecule has 0 saturated heterocycles. The van der Waals surface area contributed by atoms with Gasteiger partial charge in [0.2, 0.25) is 0 Å². The van der Waals surface area contributed by atoms with E-state index < -0.39 is 5.60 Å². The van der Waals surface area contributed by atoms with Crippen LogP contribution >= 0.6 is 0 Å². The Morgan fingerprint density at radius 2 is 2.33 bits per heavy atom. The van der Waals surface area contributed by atoms with Crippen LogP contribution in [-0.2, 0) is 9.47 Å². The first-order chi connectivity index (χ1) is 5.76. The van der Waals surface area contributed by atoms with Crippen LogP contribution in [0.15, 0.2) is 0 Å². The molecule has 4 heteroatoms. The molecule has 1 aliphatic rings. The molecule has 0 radical (unpaired) electrons. The van der Waals surface area contributed by atoms with Gasteiger partial charge in [0, 0.05) is 20.0 Å². The predicted molar refractivity (Wildman–Crippen MR) is 41.4 cm³/mol. The third kappa shape index (κ3) is 1.75. The van der Waals surface area contributed by atoms with Crippen molar-refractivity contribution in [3.05, 3.63) is 0 Å². The summed E-state index contributed by atoms with van der Waals surface area (Å²) in [5.74, 6) is 0. The summed E-state index contributed by atoms with van der Waals surface area (Å²) in [5.41, 5.74) is -0.691. The molecule has 0 unspecified atom stereocenters. The molecule has 0 atom stereocenters. The molecule has 0 heterocycles. The molecule has 4 nitrogen and oxygen atoms in total. The van der Waals surface area contributed by atoms with Crippen molar-refractivity contribution in [2.75, 3.05) is 20.3 Å². The minimum Gasteiger partial charge on any atom is -0.394 e. The summed E-state index contributed by atoms with van der Waals surface area (Å²) < 4.78 is 10.2. The van der Waals surface area contributed by atoms with Crippen molar-refractivity contribution in [1.29, 1.82) is 5.26 Å². The summed E-state index contributed by atoms with van der Waals surface area (Å²) in [5, 5.41) is 17.3. The Labute approximate surface area is 71.7 Å². The maximum Gasteiger partial charge on any atom is 0.159 e. The number of ether oxygens (including phenoxy) is 2. The van der Waals surface area contributed by atoms with E-state index in [1.54, 1.807) is 7.11 Å². The molecule has 0 aromatic rings. The highest BCUT2D eigenvalue weighted by molar-refractivity contribution is 5.12. The van der Waals surface area contributed by atoms with E-state index in [4.69, 9.17) is 19.8 Å². The van der Waals surface area contributed by atoms with Gasteiger partial charge < -0.3 is 14.6 Å². The lowest BCUT2D eigenvalue weighted by atomic mass is 9.78. The Bertz CT molecular complexity index is 176. The molecular weight excluding hydrogens is 158 g/mol. The lowest BCUT2D eigenvalue weighted by Crippen LogP contribution is -2.49. The molecule has 0 bridgehead atoms. The summed E-state index contributed by atoms with van der Waals surface area (Å²) in [6, 6.07) is 2.10. The van der Waals surface area contributed by atoms with E-state index in [0.29, 0.717) is 12.8 Å². The van der Waals surface area contributed by atoms with Crippen LogP contribution in [0.1, 0.15) is 12.8 Å². The molecule has 0 amide bonds. The first-order valence-electron chi connectivity index (χ1n) is 3.95. The molecule has 68 valence electrons. The fourth-order valence-electron chi connectivity index (χ4n) is 1.32. The Morgan fingerprint density at radius 1 is 1.67 bits per heavy atom. The standard InChI is InChI=1S/C8H13NO3/c1-11-7-4-8(5-7,6-9)12-3-2-10/h7,10H,2-5H2,1H3. The Kier molecular flexibility index (Phi) is 3.04. The Hall–Kier alpha value is -0.630. The summed E-state index contributed by atoms with van der Waals surface area (Å²) >= 11 is 0. The molecule has 1 rings (SSSR count). The minimum absolute atomic E-state index is 0.0406. The van der Waals surface area contributed by atoms with E-state index in [-0.39, 0.29) is 19.3 Å². The topological polar surface area (TPSA) is 62.5 Å². The SMILES string of the molecule is COC1CC(C#N)(OCCO)C1. The van der Waals surface area contributed by atoms with Gasteiger partial charge in [0.15, 0.2) is 5.60 Å². The van der Waals surface area contributed by atoms with Gasteiger partial charge in [0.25, 0.3) is 0 Å². The van der Waals surface area contributed by atoms with Crippen molar-refractivity contribution in [2.24, 2.45) is 0 Å². The molecule has 1 saturated carbocycles. The van der Waals surface area contributed by atoms with E-state index in [9.17, 15) is 0 Å². The van der Waals surface area contributed by atoms with Crippen LogP contribution in [0.3, 0.4) is 0 Å². The van der Waals surface area contributed by atoms with Crippen LogP contribution in [-0.4, -0.2) is 37.1 Å². The van der Waals surface area contributed by atoms with Crippen LogP contribution in [0.25, 0.3) is 0 Å². The van der Waals surface area contributed by atoms with Crippen LogP contribution in [0.4, 0.5) is 0 Å². The Morgan fingerprint density at radius 3 is 2.75 bits per heavy atom. The fourth-order valence-corrected chi connectivity index (χ4v) is 1.32. The van der Waals surface area contributed by atoms with Crippen LogP contribution in [0.2, 0.25) is 0 Å². The third-order valence-corrected chi connectivity index (χ3v) is 2.12. The zero-order chi connectivity index (χ0) is 9.03. The van der Waals surface area contributed by atoms with Gasteiger partial charge in [-0.25, -0.2) is 0 Å². The van der Waals surface area contributed by atoms with E-state index in [0.717, 1.165) is 0 Å². The van der Waals surface area contributed by atoms with Gasteiger partial charge in [-0.1, -0.05) is 0 Å². The highest BCUT2D eigenvalue weighted by Crippen LogP contribution is 2.36. The zero-order valence-corrected chi connectivity index (χ0v) is 7.12. The molecule has 1 N–H and O–H groups in total. The Balaban J connectivity index is 2.32. The molecule has 0 spiro atoms. The number of nitriles is 1. The lowest BCUT2D eigenvalue weighted by Gasteiger charge is -2.40. The summed E-state index contributed by atoms with van der Waals surface area (Å²) in [6.45, 7) is 0.186. The first kappa shape index (κ1) is 9.46. The lowest BCUT2D eigenvalue weighted by molar-refractivity contribution is -0.135. The maximum atomic E-state index is 8.76. The van der Waals surface area contributed by atoms with Crippen LogP contribution < -0.4 is 0 Å². The van der Waals surface area contributed by atoms with Gasteiger partial charge in [-0.15, -0.1) is 0 Å². The molecule has 1 aliphatic carbocycles. The van der Waals surface area contributed by atoms with Crippen molar-refractivity contribution < 1.29 is 14.6 Å². The average molecular weight is 171 g/mol. The van der Waals surface area contributed by atoms with Gasteiger partial charge in [-0.2, -0.15) is 5.26 Å². The minimum atomic E-state index is -0.691. The molecule has 0 aliphatic heterocycles. The second kappa shape index (κ2) is 3.85. The first-order valence-corrected chi connectivity index (χ1v) is 3.95. The molecule has 12 heavy (non-hydrogen) atoms. The van der Waals surface area contributed by atoms with E-state index >= 15 is 0 Å². The third-order valence-electron chi connectivity index (χ3n) is 2.12. The van der Waals surface area contributed by atoms with Crippen molar-refractivity contribution in [3.63, 3.8) is 0 Å². The highest BCUT2D eigenvalue weighted by atomic mass is 16.5. The number of aliphatic hydroxyl groups excluding tert-OH is 1. The van der Waals surface area contributed by atoms with E-state index in [1.807, 2.05) is 0 Å². The van der Waals surface area contributed by atoms with Crippen molar-refractivity contribution in [2.45, 2.75) is 24.5 Å². The smallest absolute Gasteiger partial charge is 0.159 e. The highest BCUT2D eigenvalue weighted by Gasteiger charge is 2.46. The molecule has 1 fully saturated rings. The van der Waals surface area contributed by atoms with E-state index in [2.05, 4.69) is 6.07 Å². The predicted octanol–water partition coefficient (Wildman–Crippen LogP) is 0.0665. The van der Waals surface area contributed by atoms with Crippen molar-refractivity contribution in [1.82, 2.24) is 0 Å². The maximum absolute atomic E-state index is 8.76. The normalized spacial score (nSPS) is 33.9. The second-order valence-corrected chi connectivity index (χ2v) is 2.94. The molecular formula is C8H13NO3. The second-order valence-electron chi connectivity index (χ2n) is 2.94. The monoisotopic (exact) mass is 171 g/mol. The number of methoxy groups -OCH3 is 1. The number of nitrogens with zero attached hydrogens (tertiary/aromatic N) is 1. The summed E-state index contributed by atoms with van der Waals surface area (Å²) in [4.78, 5) is 0. The number of rotatable bonds is 4. The van der Waals surface area contributed by atoms with Crippen molar-refractivity contribution >= 4 is 0 Å². The molecule has 0 aromatic heterocycles. The van der Waals surface area contributed by atoms with Crippen LogP contribution in [0, 0.1) is 11.3 Å². The van der Waals surface area contributed by atoms with Gasteiger partial charge in [0.1, 0.15) is 0 Å². The van der Waals surface area contributed by atoms with Gasteiger partial charge in [-0.05, 0) is 0 Å². The van der Waals surface area contributed by atoms with Gasteiger partial charge in [0.05, 0.1) is 25.4 Å². The molecule has 0 aromatic carbocycles. The van der Waals surface area contributed by atoms with Crippen LogP contribution in [0.5, 0.6) is 0 Å². The number of hydrogen-bond donors (Lipinski definition) is 1. The summed E-state index contributed by atoms with van der Waals surface area (Å²) in [6.07, 6.45) is 1.36. The van der Waals surface area contributed by atoms with E-state index in [1.165, 1.54) is 0 Å². The summed E-state index contributed by atoms with van der Waals surface area (Å²) in [7, 11) is 1.62. The number of hydrogen-bond acceptors (Lipinski definition) is 4. The van der Waals surface area contributed by atoms with Crippen molar-refractivity contribution in [3.8, 4) is 6.07 Å². The average Bonchev–Trinajstić information content (AvgIpc) is 2.04. The largest absolute Gasteiger partial charge is 0.394 e. The quantitative estimate of drug-likeness (QED) is 0.650. The zero-order valence-electron chi connectivity index (χ0n) is 7.12. The fraction of sp³-hybridized carbons (Fsp3) is 0.875. The van der Waals surface area contributed by atoms with Gasteiger partial charge >= 0.3 is 0 Å². The number of aliphatic hydroxyl groups is 1.